The Hall–Kier alpha value is -3.00. The molecule has 0 radical (unpaired) electrons. The van der Waals surface area contributed by atoms with Gasteiger partial charge in [-0.1, -0.05) is 24.3 Å². The molecular formula is C21H26N4O5S. The van der Waals surface area contributed by atoms with E-state index in [1.165, 1.54) is 24.5 Å². The topological polar surface area (TPSA) is 108 Å². The van der Waals surface area contributed by atoms with E-state index in [0.717, 1.165) is 11.4 Å². The second-order valence-electron chi connectivity index (χ2n) is 6.19. The Labute approximate surface area is 185 Å². The number of aromatic nitrogens is 2. The number of hydrogen-bond donors (Lipinski definition) is 0. The maximum absolute atomic E-state index is 12.7. The van der Waals surface area contributed by atoms with Gasteiger partial charge in [0.05, 0.1) is 26.9 Å². The van der Waals surface area contributed by atoms with Gasteiger partial charge in [0.2, 0.25) is 4.80 Å². The first-order chi connectivity index (χ1) is 15.1. The van der Waals surface area contributed by atoms with Gasteiger partial charge in [0, 0.05) is 14.2 Å². The highest BCUT2D eigenvalue weighted by Gasteiger charge is 2.12. The number of carbonyl (C=O) groups is 1. The van der Waals surface area contributed by atoms with Gasteiger partial charge in [-0.3, -0.25) is 4.79 Å². The molecule has 0 fully saturated rings. The van der Waals surface area contributed by atoms with Crippen LogP contribution in [-0.4, -0.2) is 56.8 Å². The molecular weight excluding hydrogens is 420 g/mol. The van der Waals surface area contributed by atoms with Crippen LogP contribution in [0.4, 0.5) is 0 Å². The van der Waals surface area contributed by atoms with Crippen molar-refractivity contribution in [3.05, 3.63) is 39.1 Å². The van der Waals surface area contributed by atoms with Gasteiger partial charge in [0.25, 0.3) is 5.91 Å². The standard InChI is InChI=1S/C21H26N4O5S/c1-5-19-24-25(8-9-27-2)21(31-19)23-20(26)16(14-22)12-15-6-7-17(18(13-15)29-4)30-11-10-28-3/h6-7,12-13H,5,8-11H2,1-4H3/b16-12+,23-21+. The Morgan fingerprint density at radius 3 is 2.65 bits per heavy atom. The van der Waals surface area contributed by atoms with E-state index >= 15 is 0 Å². The zero-order valence-corrected chi connectivity index (χ0v) is 18.9. The van der Waals surface area contributed by atoms with Crippen molar-refractivity contribution in [3.63, 3.8) is 0 Å². The number of rotatable bonds is 11. The quantitative estimate of drug-likeness (QED) is 0.296. The van der Waals surface area contributed by atoms with E-state index in [1.54, 1.807) is 37.1 Å². The molecule has 0 saturated carbocycles. The van der Waals surface area contributed by atoms with E-state index in [-0.39, 0.29) is 5.57 Å². The number of nitriles is 1. The lowest BCUT2D eigenvalue weighted by atomic mass is 10.1. The van der Waals surface area contributed by atoms with Gasteiger partial charge in [-0.2, -0.15) is 15.4 Å². The van der Waals surface area contributed by atoms with Gasteiger partial charge in [-0.25, -0.2) is 4.68 Å². The van der Waals surface area contributed by atoms with Crippen molar-refractivity contribution in [2.75, 3.05) is 41.2 Å². The molecule has 1 aromatic carbocycles. The summed E-state index contributed by atoms with van der Waals surface area (Å²) < 4.78 is 22.6. The van der Waals surface area contributed by atoms with Crippen molar-refractivity contribution in [1.29, 1.82) is 5.26 Å². The second kappa shape index (κ2) is 12.6. The molecule has 31 heavy (non-hydrogen) atoms. The highest BCUT2D eigenvalue weighted by atomic mass is 32.1. The van der Waals surface area contributed by atoms with Crippen molar-refractivity contribution < 1.29 is 23.7 Å². The molecule has 0 atom stereocenters. The maximum atomic E-state index is 12.7. The zero-order valence-electron chi connectivity index (χ0n) is 18.1. The summed E-state index contributed by atoms with van der Waals surface area (Å²) in [6.07, 6.45) is 2.19. The normalized spacial score (nSPS) is 12.0. The molecule has 0 unspecified atom stereocenters. The molecule has 0 aliphatic heterocycles. The van der Waals surface area contributed by atoms with Crippen LogP contribution in [-0.2, 0) is 27.2 Å². The minimum atomic E-state index is -0.639. The lowest BCUT2D eigenvalue weighted by Gasteiger charge is -2.11. The van der Waals surface area contributed by atoms with Crippen molar-refractivity contribution in [3.8, 4) is 17.6 Å². The average molecular weight is 447 g/mol. The first kappa shape index (κ1) is 24.3. The molecule has 10 heteroatoms. The van der Waals surface area contributed by atoms with Crippen LogP contribution in [0, 0.1) is 11.3 Å². The molecule has 2 rings (SSSR count). The van der Waals surface area contributed by atoms with E-state index in [2.05, 4.69) is 10.1 Å². The third kappa shape index (κ3) is 7.03. The van der Waals surface area contributed by atoms with E-state index in [9.17, 15) is 10.1 Å². The van der Waals surface area contributed by atoms with Crippen LogP contribution in [0.25, 0.3) is 6.08 Å². The highest BCUT2D eigenvalue weighted by molar-refractivity contribution is 7.08. The summed E-state index contributed by atoms with van der Waals surface area (Å²) in [7, 11) is 4.70. The predicted molar refractivity (Wildman–Crippen MR) is 116 cm³/mol. The number of methoxy groups -OCH3 is 3. The van der Waals surface area contributed by atoms with Crippen LogP contribution in [0.5, 0.6) is 11.5 Å². The zero-order chi connectivity index (χ0) is 22.6. The van der Waals surface area contributed by atoms with E-state index in [4.69, 9.17) is 18.9 Å². The maximum Gasteiger partial charge on any atom is 0.290 e. The SMILES string of the molecule is CCc1nn(CCOC)/c(=N\C(=O)/C(C#N)=C/c2ccc(OCCOC)c(OC)c2)s1. The summed E-state index contributed by atoms with van der Waals surface area (Å²) in [5, 5.41) is 14.8. The number of nitrogens with zero attached hydrogens (tertiary/aromatic N) is 4. The third-order valence-electron chi connectivity index (χ3n) is 4.06. The molecule has 0 bridgehead atoms. The molecule has 0 N–H and O–H groups in total. The number of benzene rings is 1. The molecule has 1 amide bonds. The number of hydrogen-bond acceptors (Lipinski definition) is 8. The molecule has 0 saturated heterocycles. The largest absolute Gasteiger partial charge is 0.493 e. The second-order valence-corrected chi connectivity index (χ2v) is 7.23. The van der Waals surface area contributed by atoms with Gasteiger partial charge in [0.15, 0.2) is 11.5 Å². The van der Waals surface area contributed by atoms with Crippen LogP contribution in [0.3, 0.4) is 0 Å². The van der Waals surface area contributed by atoms with Gasteiger partial charge in [0.1, 0.15) is 23.3 Å². The Balaban J connectivity index is 2.31. The van der Waals surface area contributed by atoms with Crippen LogP contribution < -0.4 is 14.3 Å². The molecule has 166 valence electrons. The highest BCUT2D eigenvalue weighted by Crippen LogP contribution is 2.29. The fourth-order valence-electron chi connectivity index (χ4n) is 2.49. The van der Waals surface area contributed by atoms with Crippen molar-refractivity contribution in [1.82, 2.24) is 9.78 Å². The number of carbonyl (C=O) groups excluding carboxylic acids is 1. The van der Waals surface area contributed by atoms with E-state index in [0.29, 0.717) is 48.2 Å². The first-order valence-corrected chi connectivity index (χ1v) is 10.4. The number of aryl methyl sites for hydroxylation is 1. The molecule has 1 heterocycles. The fraction of sp³-hybridized carbons (Fsp3) is 0.429. The molecule has 9 nitrogen and oxygen atoms in total. The van der Waals surface area contributed by atoms with Crippen molar-refractivity contribution in [2.45, 2.75) is 19.9 Å². The van der Waals surface area contributed by atoms with Gasteiger partial charge >= 0.3 is 0 Å². The molecule has 0 aliphatic rings. The summed E-state index contributed by atoms with van der Waals surface area (Å²) in [5.74, 6) is 0.389. The van der Waals surface area contributed by atoms with Gasteiger partial charge < -0.3 is 18.9 Å². The summed E-state index contributed by atoms with van der Waals surface area (Å²) in [4.78, 5) is 17.2. The minimum absolute atomic E-state index is 0.0974. The summed E-state index contributed by atoms with van der Waals surface area (Å²) in [6, 6.07) is 7.06. The minimum Gasteiger partial charge on any atom is -0.493 e. The average Bonchev–Trinajstić information content (AvgIpc) is 3.18. The number of ether oxygens (including phenoxy) is 4. The van der Waals surface area contributed by atoms with E-state index < -0.39 is 5.91 Å². The predicted octanol–water partition coefficient (Wildman–Crippen LogP) is 2.22. The summed E-state index contributed by atoms with van der Waals surface area (Å²) in [5.41, 5.74) is 0.515. The summed E-state index contributed by atoms with van der Waals surface area (Å²) in [6.45, 7) is 3.70. The lowest BCUT2D eigenvalue weighted by molar-refractivity contribution is -0.114. The first-order valence-electron chi connectivity index (χ1n) is 9.62. The van der Waals surface area contributed by atoms with Crippen LogP contribution >= 0.6 is 11.3 Å². The molecule has 0 spiro atoms. The Morgan fingerprint density at radius 1 is 1.23 bits per heavy atom. The van der Waals surface area contributed by atoms with Crippen LogP contribution in [0.1, 0.15) is 17.5 Å². The number of amides is 1. The molecule has 0 aliphatic carbocycles. The smallest absolute Gasteiger partial charge is 0.290 e. The van der Waals surface area contributed by atoms with Crippen LogP contribution in [0.15, 0.2) is 28.8 Å². The molecule has 2 aromatic rings. The monoisotopic (exact) mass is 446 g/mol. The molecule has 1 aromatic heterocycles. The van der Waals surface area contributed by atoms with Crippen molar-refractivity contribution in [2.24, 2.45) is 4.99 Å². The van der Waals surface area contributed by atoms with Crippen molar-refractivity contribution >= 4 is 23.3 Å². The van der Waals surface area contributed by atoms with Crippen LogP contribution in [0.2, 0.25) is 0 Å². The Morgan fingerprint density at radius 2 is 2.00 bits per heavy atom. The Bertz CT molecular complexity index is 1020. The van der Waals surface area contributed by atoms with E-state index in [1.807, 2.05) is 13.0 Å². The van der Waals surface area contributed by atoms with Gasteiger partial charge in [-0.15, -0.1) is 0 Å². The fourth-order valence-corrected chi connectivity index (χ4v) is 3.35. The Kier molecular flexibility index (Phi) is 9.90. The van der Waals surface area contributed by atoms with Gasteiger partial charge in [-0.05, 0) is 30.2 Å². The third-order valence-corrected chi connectivity index (χ3v) is 5.15. The lowest BCUT2D eigenvalue weighted by Crippen LogP contribution is -2.21. The summed E-state index contributed by atoms with van der Waals surface area (Å²) >= 11 is 1.32.